The van der Waals surface area contributed by atoms with Gasteiger partial charge in [-0.25, -0.2) is 0 Å². The van der Waals surface area contributed by atoms with E-state index in [1.54, 1.807) is 0 Å². The number of nitrogens with zero attached hydrogens (tertiary/aromatic N) is 2. The Bertz CT molecular complexity index is 722. The second kappa shape index (κ2) is 14.3. The third kappa shape index (κ3) is 8.75. The van der Waals surface area contributed by atoms with E-state index in [0.29, 0.717) is 0 Å². The molecule has 0 amide bonds. The maximum absolute atomic E-state index is 6.03. The Balaban J connectivity index is 0.000000468. The zero-order valence-electron chi connectivity index (χ0n) is 17.2. The number of hydrogen-bond donors (Lipinski definition) is 1. The number of fused-ring (bicyclic) bond motifs is 1. The van der Waals surface area contributed by atoms with Crippen LogP contribution in [0.4, 0.5) is 5.69 Å². The van der Waals surface area contributed by atoms with Gasteiger partial charge in [-0.1, -0.05) is 11.6 Å². The third-order valence-corrected chi connectivity index (χ3v) is 4.96. The van der Waals surface area contributed by atoms with Crippen LogP contribution in [-0.2, 0) is 17.1 Å². The molecule has 4 rings (SSSR count). The van der Waals surface area contributed by atoms with Gasteiger partial charge in [0.1, 0.15) is 0 Å². The second-order valence-corrected chi connectivity index (χ2v) is 7.58. The molecule has 0 atom stereocenters. The van der Waals surface area contributed by atoms with Gasteiger partial charge in [-0.3, -0.25) is 4.98 Å². The molecule has 30 heavy (non-hydrogen) atoms. The molecule has 2 aliphatic rings. The Kier molecular flexibility index (Phi) is 12.1. The summed E-state index contributed by atoms with van der Waals surface area (Å²) in [6.45, 7) is 3.10. The van der Waals surface area contributed by atoms with Crippen LogP contribution in [0.15, 0.2) is 30.5 Å². The molecule has 1 N–H and O–H groups in total. The number of halogens is 1. The smallest absolute Gasteiger partial charge is 0.384 e. The predicted molar refractivity (Wildman–Crippen MR) is 124 cm³/mol. The molecule has 0 spiro atoms. The standard InChI is InChI=1S/C20H23ClN3.C5H5.Fe/c1-24(15-16-6-2-3-7-16)13-5-4-11-22-19-10-12-23-20-14-17(21)8-9-18(19)20;1-2-4-5-3-1;/h2-3,6-10,12,14H,4-5,11,13,15H2,1H3,(H,22,23);1-5H;/q;;+2. The second-order valence-electron chi connectivity index (χ2n) is 7.15. The van der Waals surface area contributed by atoms with Crippen molar-refractivity contribution in [3.63, 3.8) is 0 Å². The van der Waals surface area contributed by atoms with Crippen molar-refractivity contribution in [1.82, 2.24) is 9.88 Å². The normalized spacial score (nSPS) is 16.4. The van der Waals surface area contributed by atoms with Gasteiger partial charge in [-0.15, -0.1) is 0 Å². The van der Waals surface area contributed by atoms with Crippen LogP contribution in [0.1, 0.15) is 12.8 Å². The minimum atomic E-state index is 0. The van der Waals surface area contributed by atoms with Gasteiger partial charge in [0.25, 0.3) is 0 Å². The zero-order valence-corrected chi connectivity index (χ0v) is 19.1. The van der Waals surface area contributed by atoms with Gasteiger partial charge >= 0.3 is 17.1 Å². The Labute approximate surface area is 198 Å². The Morgan fingerprint density at radius 3 is 2.33 bits per heavy atom. The summed E-state index contributed by atoms with van der Waals surface area (Å²) in [5.41, 5.74) is 2.06. The van der Waals surface area contributed by atoms with E-state index in [2.05, 4.69) is 47.9 Å². The monoisotopic (exact) mass is 461 g/mol. The van der Waals surface area contributed by atoms with E-state index in [9.17, 15) is 0 Å². The van der Waals surface area contributed by atoms with Crippen molar-refractivity contribution in [2.24, 2.45) is 0 Å². The van der Waals surface area contributed by atoms with Gasteiger partial charge in [0.2, 0.25) is 0 Å². The summed E-state index contributed by atoms with van der Waals surface area (Å²) >= 11 is 6.03. The maximum atomic E-state index is 6.03. The predicted octanol–water partition coefficient (Wildman–Crippen LogP) is 5.44. The fraction of sp³-hybridized carbons (Fsp3) is 0.240. The van der Waals surface area contributed by atoms with Crippen LogP contribution in [0.2, 0.25) is 5.02 Å². The van der Waals surface area contributed by atoms with Crippen LogP contribution in [0.25, 0.3) is 10.9 Å². The summed E-state index contributed by atoms with van der Waals surface area (Å²) in [7, 11) is 2.18. The average Bonchev–Trinajstić information content (AvgIpc) is 3.44. The first-order chi connectivity index (χ1) is 14.2. The van der Waals surface area contributed by atoms with Gasteiger partial charge in [0.15, 0.2) is 0 Å². The molecule has 2 aliphatic carbocycles. The largest absolute Gasteiger partial charge is 2.00 e. The van der Waals surface area contributed by atoms with Gasteiger partial charge < -0.3 is 10.2 Å². The first-order valence-electron chi connectivity index (χ1n) is 10.1. The molecule has 2 saturated carbocycles. The summed E-state index contributed by atoms with van der Waals surface area (Å²) in [5.74, 6) is 1.39. The summed E-state index contributed by atoms with van der Waals surface area (Å²) in [6, 6.07) is 7.87. The molecule has 2 aromatic rings. The number of anilines is 1. The third-order valence-electron chi connectivity index (χ3n) is 4.73. The number of unbranched alkanes of at least 4 members (excludes halogenated alkanes) is 1. The van der Waals surface area contributed by atoms with E-state index < -0.39 is 0 Å². The van der Waals surface area contributed by atoms with Crippen molar-refractivity contribution in [3.05, 3.63) is 99.2 Å². The topological polar surface area (TPSA) is 28.2 Å². The van der Waals surface area contributed by atoms with E-state index in [0.717, 1.165) is 47.7 Å². The number of hydrogen-bond acceptors (Lipinski definition) is 3. The molecule has 3 nitrogen and oxygen atoms in total. The Morgan fingerprint density at radius 1 is 0.933 bits per heavy atom. The molecule has 10 radical (unpaired) electrons. The van der Waals surface area contributed by atoms with Crippen molar-refractivity contribution < 1.29 is 17.1 Å². The molecule has 5 heteroatoms. The van der Waals surface area contributed by atoms with Crippen LogP contribution in [0, 0.1) is 63.7 Å². The van der Waals surface area contributed by atoms with Crippen molar-refractivity contribution in [1.29, 1.82) is 0 Å². The first kappa shape index (κ1) is 25.5. The number of benzene rings is 1. The SMILES string of the molecule is CN(CCCCNc1ccnc2cc(Cl)ccc12)C[C]1[CH][CH][CH][CH]1.[CH]1[CH][CH][CH][CH]1.[Fe+2]. The van der Waals surface area contributed by atoms with Crippen LogP contribution in [0.5, 0.6) is 0 Å². The number of pyridine rings is 1. The van der Waals surface area contributed by atoms with Gasteiger partial charge in [0, 0.05) is 35.4 Å². The molecule has 1 aromatic carbocycles. The molecule has 0 saturated heterocycles. The molecular weight excluding hydrogens is 434 g/mol. The molecule has 0 unspecified atom stereocenters. The Morgan fingerprint density at radius 2 is 1.63 bits per heavy atom. The molecule has 0 aliphatic heterocycles. The van der Waals surface area contributed by atoms with E-state index in [4.69, 9.17) is 11.6 Å². The quantitative estimate of drug-likeness (QED) is 0.419. The first-order valence-corrected chi connectivity index (χ1v) is 10.4. The summed E-state index contributed by atoms with van der Waals surface area (Å²) in [5, 5.41) is 5.37. The van der Waals surface area contributed by atoms with Crippen molar-refractivity contribution in [2.45, 2.75) is 12.8 Å². The zero-order chi connectivity index (χ0) is 20.3. The Hall–Kier alpha value is -0.801. The molecule has 2 fully saturated rings. The average molecular weight is 462 g/mol. The molecule has 0 bridgehead atoms. The summed E-state index contributed by atoms with van der Waals surface area (Å²) < 4.78 is 0. The fourth-order valence-electron chi connectivity index (χ4n) is 3.24. The minimum absolute atomic E-state index is 0. The van der Waals surface area contributed by atoms with E-state index in [1.165, 1.54) is 12.3 Å². The van der Waals surface area contributed by atoms with Crippen LogP contribution in [-0.4, -0.2) is 36.6 Å². The summed E-state index contributed by atoms with van der Waals surface area (Å²) in [6.07, 6.45) is 22.7. The maximum Gasteiger partial charge on any atom is 2.00 e. The van der Waals surface area contributed by atoms with Crippen molar-refractivity contribution in [3.8, 4) is 0 Å². The molecule has 156 valence electrons. The fourth-order valence-corrected chi connectivity index (χ4v) is 3.40. The molecule has 1 aromatic heterocycles. The van der Waals surface area contributed by atoms with Gasteiger partial charge in [-0.05, 0) is 114 Å². The molecule has 1 heterocycles. The van der Waals surface area contributed by atoms with E-state index >= 15 is 0 Å². The number of nitrogens with one attached hydrogen (secondary N) is 1. The van der Waals surface area contributed by atoms with Gasteiger partial charge in [0.05, 0.1) is 5.52 Å². The summed E-state index contributed by atoms with van der Waals surface area (Å²) in [4.78, 5) is 6.75. The van der Waals surface area contributed by atoms with Crippen molar-refractivity contribution in [2.75, 3.05) is 32.0 Å². The van der Waals surface area contributed by atoms with Crippen LogP contribution < -0.4 is 5.32 Å². The van der Waals surface area contributed by atoms with Crippen LogP contribution >= 0.6 is 11.6 Å². The molecular formula is C25H28ClFeN3+2. The van der Waals surface area contributed by atoms with Crippen molar-refractivity contribution >= 4 is 28.2 Å². The number of aromatic nitrogens is 1. The van der Waals surface area contributed by atoms with Gasteiger partial charge in [-0.2, -0.15) is 0 Å². The number of rotatable bonds is 8. The minimum Gasteiger partial charge on any atom is -0.384 e. The van der Waals surface area contributed by atoms with E-state index in [-0.39, 0.29) is 17.1 Å². The van der Waals surface area contributed by atoms with Crippen LogP contribution in [0.3, 0.4) is 0 Å². The van der Waals surface area contributed by atoms with E-state index in [1.807, 2.05) is 62.6 Å².